The Labute approximate surface area is 183 Å². The fourth-order valence-electron chi connectivity index (χ4n) is 4.63. The first-order valence-electron chi connectivity index (χ1n) is 11.1. The minimum atomic E-state index is -0.547. The summed E-state index contributed by atoms with van der Waals surface area (Å²) in [7, 11) is 0. The number of carbonyl (C=O) groups is 2. The van der Waals surface area contributed by atoms with Crippen LogP contribution in [0.2, 0.25) is 0 Å². The maximum atomic E-state index is 12.3. The Balaban J connectivity index is 1.16. The number of ether oxygens (including phenoxy) is 3. The topological polar surface area (TPSA) is 92.4 Å². The first-order valence-corrected chi connectivity index (χ1v) is 11.1. The van der Waals surface area contributed by atoms with E-state index >= 15 is 0 Å². The quantitative estimate of drug-likeness (QED) is 0.734. The largest absolute Gasteiger partial charge is 0.454 e. The predicted octanol–water partition coefficient (Wildman–Crippen LogP) is 1.88. The van der Waals surface area contributed by atoms with Gasteiger partial charge < -0.3 is 19.5 Å². The number of hydrogen-bond acceptors (Lipinski definition) is 7. The maximum Gasteiger partial charge on any atom is 0.325 e. The van der Waals surface area contributed by atoms with Gasteiger partial charge in [0.2, 0.25) is 12.7 Å². The Kier molecular flexibility index (Phi) is 6.94. The number of urea groups is 1. The van der Waals surface area contributed by atoms with Gasteiger partial charge in [-0.2, -0.15) is 0 Å². The number of morpholine rings is 1. The number of benzene rings is 1. The zero-order chi connectivity index (χ0) is 21.8. The lowest BCUT2D eigenvalue weighted by atomic mass is 9.95. The van der Waals surface area contributed by atoms with Crippen LogP contribution in [0.3, 0.4) is 0 Å². The number of nitrogens with zero attached hydrogens (tertiary/aromatic N) is 2. The van der Waals surface area contributed by atoms with Crippen molar-refractivity contribution in [2.75, 3.05) is 51.4 Å². The second-order valence-corrected chi connectivity index (χ2v) is 8.77. The lowest BCUT2D eigenvalue weighted by Crippen LogP contribution is -2.49. The fourth-order valence-corrected chi connectivity index (χ4v) is 4.63. The molecule has 1 aromatic rings. The van der Waals surface area contributed by atoms with E-state index < -0.39 is 6.03 Å². The number of nitrogens with one attached hydrogen (secondary N) is 2. The van der Waals surface area contributed by atoms with Crippen LogP contribution in [0.4, 0.5) is 10.5 Å². The van der Waals surface area contributed by atoms with Crippen LogP contribution in [-0.2, 0) is 9.53 Å². The molecule has 3 aliphatic rings. The van der Waals surface area contributed by atoms with Gasteiger partial charge in [0.1, 0.15) is 0 Å². The second-order valence-electron chi connectivity index (χ2n) is 8.77. The van der Waals surface area contributed by atoms with Crippen LogP contribution in [0.25, 0.3) is 0 Å². The van der Waals surface area contributed by atoms with Gasteiger partial charge in [-0.1, -0.05) is 0 Å². The number of anilines is 1. The molecule has 9 nitrogen and oxygen atoms in total. The van der Waals surface area contributed by atoms with Gasteiger partial charge in [0.25, 0.3) is 0 Å². The number of amides is 3. The lowest BCUT2D eigenvalue weighted by molar-refractivity contribution is -0.121. The van der Waals surface area contributed by atoms with Crippen LogP contribution in [0.1, 0.15) is 26.7 Å². The number of carbonyl (C=O) groups excluding carboxylic acids is 2. The van der Waals surface area contributed by atoms with Crippen molar-refractivity contribution in [3.8, 4) is 11.5 Å². The van der Waals surface area contributed by atoms with E-state index in [-0.39, 0.29) is 31.5 Å². The first-order chi connectivity index (χ1) is 14.9. The third kappa shape index (κ3) is 6.09. The summed E-state index contributed by atoms with van der Waals surface area (Å²) in [5.41, 5.74) is 0.544. The number of fused-ring (bicyclic) bond motifs is 1. The number of likely N-dealkylation sites (tertiary alicyclic amines) is 1. The fraction of sp³-hybridized carbons (Fsp3) is 0.636. The molecule has 2 unspecified atom stereocenters. The Morgan fingerprint density at radius 2 is 1.74 bits per heavy atom. The van der Waals surface area contributed by atoms with Gasteiger partial charge >= 0.3 is 6.03 Å². The summed E-state index contributed by atoms with van der Waals surface area (Å²) in [5, 5.41) is 5.06. The van der Waals surface area contributed by atoms with Crippen LogP contribution >= 0.6 is 0 Å². The normalized spacial score (nSPS) is 24.7. The number of imide groups is 1. The van der Waals surface area contributed by atoms with Gasteiger partial charge in [-0.15, -0.1) is 0 Å². The van der Waals surface area contributed by atoms with Crippen molar-refractivity contribution in [1.82, 2.24) is 15.1 Å². The van der Waals surface area contributed by atoms with E-state index in [1.807, 2.05) is 0 Å². The van der Waals surface area contributed by atoms with E-state index in [2.05, 4.69) is 34.3 Å². The molecule has 0 spiro atoms. The van der Waals surface area contributed by atoms with E-state index in [9.17, 15) is 9.59 Å². The van der Waals surface area contributed by atoms with Crippen molar-refractivity contribution in [3.63, 3.8) is 0 Å². The molecule has 3 aliphatic heterocycles. The Morgan fingerprint density at radius 3 is 2.48 bits per heavy atom. The molecule has 0 saturated carbocycles. The molecule has 0 aromatic heterocycles. The SMILES string of the molecule is CC1CN(CC2CCN(CC(=O)NC(=O)Nc3ccc4c(c3)OCO4)CC2)CC(C)O1. The second kappa shape index (κ2) is 9.84. The van der Waals surface area contributed by atoms with Gasteiger partial charge in [0.15, 0.2) is 11.5 Å². The van der Waals surface area contributed by atoms with E-state index in [1.54, 1.807) is 18.2 Å². The molecule has 2 saturated heterocycles. The number of hydrogen-bond donors (Lipinski definition) is 2. The van der Waals surface area contributed by atoms with Gasteiger partial charge in [-0.3, -0.25) is 19.9 Å². The smallest absolute Gasteiger partial charge is 0.325 e. The van der Waals surface area contributed by atoms with Crippen LogP contribution < -0.4 is 20.1 Å². The standard InChI is InChI=1S/C22H32N4O5/c1-15-10-26(11-16(2)31-15)12-17-5-7-25(8-6-17)13-21(27)24-22(28)23-18-3-4-19-20(9-18)30-14-29-19/h3-4,9,15-17H,5-8,10-14H2,1-2H3,(H2,23,24,27,28). The molecule has 0 aliphatic carbocycles. The van der Waals surface area contributed by atoms with Crippen LogP contribution in [0.5, 0.6) is 11.5 Å². The summed E-state index contributed by atoms with van der Waals surface area (Å²) in [6.07, 6.45) is 2.71. The summed E-state index contributed by atoms with van der Waals surface area (Å²) in [5.74, 6) is 1.56. The Morgan fingerprint density at radius 1 is 1.03 bits per heavy atom. The summed E-state index contributed by atoms with van der Waals surface area (Å²) in [6.45, 7) is 9.48. The van der Waals surface area contributed by atoms with Gasteiger partial charge in [-0.25, -0.2) is 4.79 Å². The van der Waals surface area contributed by atoms with Crippen molar-refractivity contribution in [2.24, 2.45) is 5.92 Å². The summed E-state index contributed by atoms with van der Waals surface area (Å²) < 4.78 is 16.4. The van der Waals surface area contributed by atoms with Gasteiger partial charge in [0.05, 0.1) is 18.8 Å². The molecule has 170 valence electrons. The average Bonchev–Trinajstić information content (AvgIpc) is 3.16. The zero-order valence-electron chi connectivity index (χ0n) is 18.3. The average molecular weight is 433 g/mol. The van der Waals surface area contributed by atoms with E-state index in [4.69, 9.17) is 14.2 Å². The maximum absolute atomic E-state index is 12.3. The van der Waals surface area contributed by atoms with Crippen molar-refractivity contribution in [1.29, 1.82) is 0 Å². The summed E-state index contributed by atoms with van der Waals surface area (Å²) in [6, 6.07) is 4.56. The molecule has 0 bridgehead atoms. The molecule has 0 radical (unpaired) electrons. The summed E-state index contributed by atoms with van der Waals surface area (Å²) >= 11 is 0. The Hall–Kier alpha value is -2.36. The Bertz CT molecular complexity index is 786. The molecule has 2 fully saturated rings. The van der Waals surface area contributed by atoms with Crippen molar-refractivity contribution >= 4 is 17.6 Å². The zero-order valence-corrected chi connectivity index (χ0v) is 18.3. The molecule has 9 heteroatoms. The molecule has 31 heavy (non-hydrogen) atoms. The van der Waals surface area contributed by atoms with E-state index in [1.165, 1.54) is 0 Å². The predicted molar refractivity (Wildman–Crippen MR) is 115 cm³/mol. The minimum Gasteiger partial charge on any atom is -0.454 e. The van der Waals surface area contributed by atoms with Crippen molar-refractivity contribution < 1.29 is 23.8 Å². The lowest BCUT2D eigenvalue weighted by Gasteiger charge is -2.39. The molecule has 2 atom stereocenters. The summed E-state index contributed by atoms with van der Waals surface area (Å²) in [4.78, 5) is 29.1. The van der Waals surface area contributed by atoms with Crippen molar-refractivity contribution in [2.45, 2.75) is 38.9 Å². The van der Waals surface area contributed by atoms with Gasteiger partial charge in [-0.05, 0) is 57.8 Å². The molecule has 1 aromatic carbocycles. The third-order valence-corrected chi connectivity index (χ3v) is 5.97. The minimum absolute atomic E-state index is 0.171. The van der Waals surface area contributed by atoms with E-state index in [0.29, 0.717) is 23.1 Å². The highest BCUT2D eigenvalue weighted by atomic mass is 16.7. The monoisotopic (exact) mass is 432 g/mol. The van der Waals surface area contributed by atoms with E-state index in [0.717, 1.165) is 45.6 Å². The molecule has 3 heterocycles. The highest BCUT2D eigenvalue weighted by Gasteiger charge is 2.27. The molecule has 3 amide bonds. The van der Waals surface area contributed by atoms with Crippen molar-refractivity contribution in [3.05, 3.63) is 18.2 Å². The highest BCUT2D eigenvalue weighted by Crippen LogP contribution is 2.34. The van der Waals surface area contributed by atoms with Gasteiger partial charge in [0, 0.05) is 31.4 Å². The van der Waals surface area contributed by atoms with Crippen LogP contribution in [-0.4, -0.2) is 80.0 Å². The van der Waals surface area contributed by atoms with Crippen LogP contribution in [0.15, 0.2) is 18.2 Å². The molecule has 4 rings (SSSR count). The molecular formula is C22H32N4O5. The van der Waals surface area contributed by atoms with Crippen LogP contribution in [0, 0.1) is 5.92 Å². The molecular weight excluding hydrogens is 400 g/mol. The molecule has 2 N–H and O–H groups in total. The number of piperidine rings is 1. The first kappa shape index (κ1) is 21.9. The third-order valence-electron chi connectivity index (χ3n) is 5.97. The highest BCUT2D eigenvalue weighted by molar-refractivity contribution is 6.01. The number of rotatable bonds is 5.